The van der Waals surface area contributed by atoms with Gasteiger partial charge in [0.25, 0.3) is 15.9 Å². The van der Waals surface area contributed by atoms with Gasteiger partial charge in [0.05, 0.1) is 11.3 Å². The summed E-state index contributed by atoms with van der Waals surface area (Å²) in [6.45, 7) is 1.64. The molecule has 0 bridgehead atoms. The fourth-order valence-electron chi connectivity index (χ4n) is 2.04. The van der Waals surface area contributed by atoms with Crippen LogP contribution in [0.5, 0.6) is 0 Å². The second kappa shape index (κ2) is 6.71. The number of nitrogens with one attached hydrogen (secondary N) is 1. The lowest BCUT2D eigenvalue weighted by atomic mass is 10.1. The Hall–Kier alpha value is -1.85. The number of benzene rings is 1. The first-order valence-electron chi connectivity index (χ1n) is 7.00. The van der Waals surface area contributed by atoms with Crippen molar-refractivity contribution < 1.29 is 26.1 Å². The standard InChI is InChI=1S/C15H10BrF3N2O3S2/c1-8-13(16)14(24-20-8)21-26(22,23)12-7-6-11(25-12)9-2-4-10(5-3-9)15(17,18)19/h2-7,21H,1H3. The van der Waals surface area contributed by atoms with Crippen LogP contribution in [0.2, 0.25) is 0 Å². The lowest BCUT2D eigenvalue weighted by molar-refractivity contribution is -0.137. The first-order valence-corrected chi connectivity index (χ1v) is 10.1. The van der Waals surface area contributed by atoms with E-state index in [1.807, 2.05) is 0 Å². The normalized spacial score (nSPS) is 12.3. The van der Waals surface area contributed by atoms with Gasteiger partial charge in [0.2, 0.25) is 0 Å². The third kappa shape index (κ3) is 3.79. The molecule has 0 aliphatic heterocycles. The van der Waals surface area contributed by atoms with Crippen LogP contribution in [0, 0.1) is 6.92 Å². The molecule has 0 aliphatic carbocycles. The van der Waals surface area contributed by atoms with E-state index in [-0.39, 0.29) is 10.1 Å². The van der Waals surface area contributed by atoms with Crippen molar-refractivity contribution in [2.45, 2.75) is 17.3 Å². The monoisotopic (exact) mass is 466 g/mol. The fourth-order valence-corrected chi connectivity index (χ4v) is 4.72. The maximum atomic E-state index is 12.6. The van der Waals surface area contributed by atoms with Crippen LogP contribution in [0.15, 0.2) is 49.6 Å². The van der Waals surface area contributed by atoms with E-state index in [4.69, 9.17) is 4.52 Å². The molecule has 0 spiro atoms. The molecule has 0 saturated carbocycles. The number of hydrogen-bond acceptors (Lipinski definition) is 5. The number of anilines is 1. The first kappa shape index (κ1) is 18.9. The van der Waals surface area contributed by atoms with Crippen LogP contribution in [-0.2, 0) is 16.2 Å². The minimum Gasteiger partial charge on any atom is -0.336 e. The van der Waals surface area contributed by atoms with E-state index in [1.165, 1.54) is 24.3 Å². The SMILES string of the molecule is Cc1noc(NS(=O)(=O)c2ccc(-c3ccc(C(F)(F)F)cc3)s2)c1Br. The van der Waals surface area contributed by atoms with Crippen LogP contribution in [0.4, 0.5) is 19.1 Å². The predicted octanol–water partition coefficient (Wildman–Crippen LogP) is 5.29. The molecule has 0 saturated heterocycles. The predicted molar refractivity (Wildman–Crippen MR) is 94.5 cm³/mol. The Labute approximate surface area is 159 Å². The molecule has 3 aromatic rings. The molecular weight excluding hydrogens is 457 g/mol. The Morgan fingerprint density at radius 1 is 1.15 bits per heavy atom. The molecule has 3 rings (SSSR count). The molecule has 5 nitrogen and oxygen atoms in total. The molecule has 138 valence electrons. The van der Waals surface area contributed by atoms with Gasteiger partial charge in [0.15, 0.2) is 0 Å². The highest BCUT2D eigenvalue weighted by Gasteiger charge is 2.30. The van der Waals surface area contributed by atoms with Crippen molar-refractivity contribution in [2.75, 3.05) is 4.72 Å². The maximum Gasteiger partial charge on any atom is 0.416 e. The average molecular weight is 467 g/mol. The zero-order valence-electron chi connectivity index (χ0n) is 13.0. The van der Waals surface area contributed by atoms with Gasteiger partial charge in [-0.1, -0.05) is 17.3 Å². The van der Waals surface area contributed by atoms with E-state index in [2.05, 4.69) is 25.8 Å². The highest BCUT2D eigenvalue weighted by molar-refractivity contribution is 9.10. The van der Waals surface area contributed by atoms with Gasteiger partial charge >= 0.3 is 6.18 Å². The van der Waals surface area contributed by atoms with E-state index in [1.54, 1.807) is 6.92 Å². The van der Waals surface area contributed by atoms with Crippen LogP contribution in [0.3, 0.4) is 0 Å². The minimum absolute atomic E-state index is 0.00616. The Morgan fingerprint density at radius 2 is 1.81 bits per heavy atom. The molecule has 0 atom stereocenters. The molecule has 0 fully saturated rings. The smallest absolute Gasteiger partial charge is 0.336 e. The highest BCUT2D eigenvalue weighted by Crippen LogP contribution is 2.35. The number of halogens is 4. The zero-order valence-corrected chi connectivity index (χ0v) is 16.2. The summed E-state index contributed by atoms with van der Waals surface area (Å²) in [5, 5.41) is 3.64. The molecule has 2 aromatic heterocycles. The molecular formula is C15H10BrF3N2O3S2. The second-order valence-corrected chi connectivity index (χ2v) is 9.00. The number of hydrogen-bond donors (Lipinski definition) is 1. The molecule has 1 aromatic carbocycles. The summed E-state index contributed by atoms with van der Waals surface area (Å²) in [5.41, 5.74) is 0.207. The minimum atomic E-state index is -4.42. The van der Waals surface area contributed by atoms with Crippen molar-refractivity contribution in [3.63, 3.8) is 0 Å². The number of aryl methyl sites for hydroxylation is 1. The maximum absolute atomic E-state index is 12.6. The molecule has 2 heterocycles. The lowest BCUT2D eigenvalue weighted by Crippen LogP contribution is -2.11. The fraction of sp³-hybridized carbons (Fsp3) is 0.133. The number of thiophene rings is 1. The van der Waals surface area contributed by atoms with Crippen LogP contribution < -0.4 is 4.72 Å². The Bertz CT molecular complexity index is 1040. The Morgan fingerprint density at radius 3 is 2.35 bits per heavy atom. The molecule has 0 aliphatic rings. The third-order valence-corrected chi connectivity index (χ3v) is 7.25. The summed E-state index contributed by atoms with van der Waals surface area (Å²) in [7, 11) is -3.92. The summed E-state index contributed by atoms with van der Waals surface area (Å²) in [4.78, 5) is 0.520. The van der Waals surface area contributed by atoms with Gasteiger partial charge in [0.1, 0.15) is 8.68 Å². The van der Waals surface area contributed by atoms with Crippen LogP contribution >= 0.6 is 27.3 Å². The third-order valence-electron chi connectivity index (χ3n) is 3.36. The zero-order chi connectivity index (χ0) is 19.1. The molecule has 0 radical (unpaired) electrons. The van der Waals surface area contributed by atoms with Crippen LogP contribution in [0.25, 0.3) is 10.4 Å². The Kier molecular flexibility index (Phi) is 4.88. The van der Waals surface area contributed by atoms with E-state index in [9.17, 15) is 21.6 Å². The Balaban J connectivity index is 1.86. The van der Waals surface area contributed by atoms with Gasteiger partial charge in [-0.15, -0.1) is 11.3 Å². The summed E-state index contributed by atoms with van der Waals surface area (Å²) in [6, 6.07) is 7.41. The largest absolute Gasteiger partial charge is 0.416 e. The summed E-state index contributed by atoms with van der Waals surface area (Å²) < 4.78 is 70.3. The highest BCUT2D eigenvalue weighted by atomic mass is 79.9. The van der Waals surface area contributed by atoms with Crippen molar-refractivity contribution in [1.82, 2.24) is 5.16 Å². The second-order valence-electron chi connectivity index (χ2n) is 5.21. The molecule has 11 heteroatoms. The van der Waals surface area contributed by atoms with Crippen LogP contribution in [0.1, 0.15) is 11.3 Å². The number of nitrogens with zero attached hydrogens (tertiary/aromatic N) is 1. The number of aromatic nitrogens is 1. The van der Waals surface area contributed by atoms with Gasteiger partial charge in [0, 0.05) is 4.88 Å². The van der Waals surface area contributed by atoms with Crippen LogP contribution in [-0.4, -0.2) is 13.6 Å². The van der Waals surface area contributed by atoms with Crippen molar-refractivity contribution in [3.8, 4) is 10.4 Å². The topological polar surface area (TPSA) is 72.2 Å². The molecule has 1 N–H and O–H groups in total. The van der Waals surface area contributed by atoms with Gasteiger partial charge in [-0.2, -0.15) is 13.2 Å². The number of alkyl halides is 3. The number of rotatable bonds is 4. The summed E-state index contributed by atoms with van der Waals surface area (Å²) >= 11 is 4.10. The van der Waals surface area contributed by atoms with Gasteiger partial charge in [-0.05, 0) is 52.7 Å². The van der Waals surface area contributed by atoms with E-state index in [0.29, 0.717) is 20.6 Å². The average Bonchev–Trinajstić information content (AvgIpc) is 3.18. The van der Waals surface area contributed by atoms with Gasteiger partial charge in [-0.25, -0.2) is 13.1 Å². The number of sulfonamides is 1. The molecule has 0 amide bonds. The van der Waals surface area contributed by atoms with Gasteiger partial charge in [-0.3, -0.25) is 0 Å². The van der Waals surface area contributed by atoms with Crippen molar-refractivity contribution in [1.29, 1.82) is 0 Å². The quantitative estimate of drug-likeness (QED) is 0.566. The van der Waals surface area contributed by atoms with Crippen molar-refractivity contribution >= 4 is 43.2 Å². The van der Waals surface area contributed by atoms with E-state index < -0.39 is 21.8 Å². The van der Waals surface area contributed by atoms with Gasteiger partial charge < -0.3 is 4.52 Å². The lowest BCUT2D eigenvalue weighted by Gasteiger charge is -2.06. The first-order chi connectivity index (χ1) is 12.1. The van der Waals surface area contributed by atoms with E-state index in [0.717, 1.165) is 23.5 Å². The summed E-state index contributed by atoms with van der Waals surface area (Å²) in [6.07, 6.45) is -4.42. The molecule has 0 unspecified atom stereocenters. The summed E-state index contributed by atoms with van der Waals surface area (Å²) in [5.74, 6) is -0.0491. The van der Waals surface area contributed by atoms with Crippen molar-refractivity contribution in [3.05, 3.63) is 52.1 Å². The van der Waals surface area contributed by atoms with E-state index >= 15 is 0 Å². The molecule has 26 heavy (non-hydrogen) atoms. The van der Waals surface area contributed by atoms with Crippen molar-refractivity contribution in [2.24, 2.45) is 0 Å².